The average Bonchev–Trinajstić information content (AvgIpc) is 2.65. The molecule has 26 heavy (non-hydrogen) atoms. The Morgan fingerprint density at radius 1 is 1.04 bits per heavy atom. The van der Waals surface area contributed by atoms with Gasteiger partial charge in [0.15, 0.2) is 0 Å². The number of carbonyl (C=O) groups excluding carboxylic acids is 1. The van der Waals surface area contributed by atoms with Crippen molar-refractivity contribution in [1.29, 1.82) is 0 Å². The molecule has 3 rings (SSSR count). The maximum atomic E-state index is 12.3. The molecule has 5 nitrogen and oxygen atoms in total. The summed E-state index contributed by atoms with van der Waals surface area (Å²) in [6.45, 7) is 4.45. The smallest absolute Gasteiger partial charge is 0.257 e. The summed E-state index contributed by atoms with van der Waals surface area (Å²) in [4.78, 5) is 16.7. The number of aromatic nitrogens is 1. The van der Waals surface area contributed by atoms with Gasteiger partial charge in [0.05, 0.1) is 24.2 Å². The van der Waals surface area contributed by atoms with Crippen molar-refractivity contribution in [2.45, 2.75) is 13.8 Å². The van der Waals surface area contributed by atoms with Gasteiger partial charge < -0.3 is 15.4 Å². The van der Waals surface area contributed by atoms with Gasteiger partial charge in [-0.15, -0.1) is 0 Å². The zero-order chi connectivity index (χ0) is 18.4. The Morgan fingerprint density at radius 2 is 1.81 bits per heavy atom. The molecule has 132 valence electrons. The van der Waals surface area contributed by atoms with Gasteiger partial charge >= 0.3 is 0 Å². The number of rotatable bonds is 6. The highest BCUT2D eigenvalue weighted by atomic mass is 16.5. The zero-order valence-corrected chi connectivity index (χ0v) is 14.8. The highest BCUT2D eigenvalue weighted by molar-refractivity contribution is 6.04. The minimum absolute atomic E-state index is 0.169. The van der Waals surface area contributed by atoms with Crippen molar-refractivity contribution in [2.24, 2.45) is 0 Å². The van der Waals surface area contributed by atoms with Crippen molar-refractivity contribution < 1.29 is 9.53 Å². The van der Waals surface area contributed by atoms with Crippen LogP contribution < -0.4 is 15.4 Å². The average molecular weight is 347 g/mol. The molecule has 0 unspecified atom stereocenters. The molecule has 5 heteroatoms. The van der Waals surface area contributed by atoms with Gasteiger partial charge in [0.1, 0.15) is 11.6 Å². The first-order valence-electron chi connectivity index (χ1n) is 8.49. The van der Waals surface area contributed by atoms with Gasteiger partial charge in [-0.3, -0.25) is 4.79 Å². The number of hydrogen-bond acceptors (Lipinski definition) is 4. The normalized spacial score (nSPS) is 10.2. The molecular weight excluding hydrogens is 326 g/mol. The molecular formula is C21H21N3O2. The van der Waals surface area contributed by atoms with Crippen molar-refractivity contribution in [2.75, 3.05) is 17.2 Å². The third-order valence-corrected chi connectivity index (χ3v) is 3.86. The predicted octanol–water partition coefficient (Wildman–Crippen LogP) is 4.78. The summed E-state index contributed by atoms with van der Waals surface area (Å²) in [5.74, 6) is 1.12. The van der Waals surface area contributed by atoms with Crippen LogP contribution in [0.5, 0.6) is 5.75 Å². The Balaban J connectivity index is 1.69. The molecule has 0 aliphatic carbocycles. The topological polar surface area (TPSA) is 63.2 Å². The van der Waals surface area contributed by atoms with Crippen molar-refractivity contribution in [3.63, 3.8) is 0 Å². The van der Waals surface area contributed by atoms with E-state index in [1.165, 1.54) is 0 Å². The van der Waals surface area contributed by atoms with E-state index in [1.807, 2.05) is 62.4 Å². The first-order valence-corrected chi connectivity index (χ1v) is 8.49. The molecule has 0 aliphatic rings. The van der Waals surface area contributed by atoms with E-state index in [9.17, 15) is 4.79 Å². The molecule has 1 aromatic heterocycles. The van der Waals surface area contributed by atoms with Crippen LogP contribution in [0.15, 0.2) is 66.9 Å². The van der Waals surface area contributed by atoms with Crippen LogP contribution in [0.25, 0.3) is 0 Å². The molecule has 0 fully saturated rings. The molecule has 0 atom stereocenters. The molecule has 0 saturated heterocycles. The van der Waals surface area contributed by atoms with Crippen molar-refractivity contribution >= 4 is 23.1 Å². The second-order valence-corrected chi connectivity index (χ2v) is 5.76. The first-order chi connectivity index (χ1) is 12.7. The van der Waals surface area contributed by atoms with Crippen LogP contribution in [0.4, 0.5) is 17.2 Å². The molecule has 0 saturated carbocycles. The number of nitrogens with zero attached hydrogens (tertiary/aromatic N) is 1. The number of benzene rings is 2. The second-order valence-electron chi connectivity index (χ2n) is 5.76. The highest BCUT2D eigenvalue weighted by Crippen LogP contribution is 2.27. The van der Waals surface area contributed by atoms with Gasteiger partial charge in [0, 0.05) is 5.56 Å². The summed E-state index contributed by atoms with van der Waals surface area (Å²) in [6, 6.07) is 18.8. The van der Waals surface area contributed by atoms with Gasteiger partial charge in [-0.2, -0.15) is 0 Å². The van der Waals surface area contributed by atoms with Gasteiger partial charge in [-0.25, -0.2) is 4.98 Å². The fourth-order valence-corrected chi connectivity index (χ4v) is 2.56. The lowest BCUT2D eigenvalue weighted by atomic mass is 10.1. The van der Waals surface area contributed by atoms with Crippen LogP contribution in [0, 0.1) is 6.92 Å². The van der Waals surface area contributed by atoms with Crippen LogP contribution >= 0.6 is 0 Å². The number of nitrogens with one attached hydrogen (secondary N) is 2. The molecule has 2 aromatic carbocycles. The molecule has 0 radical (unpaired) electrons. The molecule has 3 aromatic rings. The number of amides is 1. The van der Waals surface area contributed by atoms with Gasteiger partial charge in [-0.05, 0) is 49.7 Å². The monoisotopic (exact) mass is 347 g/mol. The quantitative estimate of drug-likeness (QED) is 0.673. The third kappa shape index (κ3) is 4.19. The van der Waals surface area contributed by atoms with Gasteiger partial charge in [-0.1, -0.05) is 30.3 Å². The van der Waals surface area contributed by atoms with E-state index < -0.39 is 0 Å². The SMILES string of the molecule is CCOc1ccccc1Nc1ccc(NC(=O)c2ccccc2C)nc1. The number of pyridine rings is 1. The molecule has 0 aliphatic heterocycles. The second kappa shape index (κ2) is 8.16. The fourth-order valence-electron chi connectivity index (χ4n) is 2.56. The van der Waals surface area contributed by atoms with Gasteiger partial charge in [0.25, 0.3) is 5.91 Å². The van der Waals surface area contributed by atoms with Crippen molar-refractivity contribution in [3.8, 4) is 5.75 Å². The maximum Gasteiger partial charge on any atom is 0.257 e. The van der Waals surface area contributed by atoms with Crippen LogP contribution in [-0.2, 0) is 0 Å². The molecule has 2 N–H and O–H groups in total. The number of hydrogen-bond donors (Lipinski definition) is 2. The molecule has 1 heterocycles. The summed E-state index contributed by atoms with van der Waals surface area (Å²) < 4.78 is 5.61. The lowest BCUT2D eigenvalue weighted by Crippen LogP contribution is -2.14. The standard InChI is InChI=1S/C21H21N3O2/c1-3-26-19-11-7-6-10-18(19)23-16-12-13-20(22-14-16)24-21(25)17-9-5-4-8-15(17)2/h4-14,23H,3H2,1-2H3,(H,22,24,25). The minimum Gasteiger partial charge on any atom is -0.492 e. The Labute approximate surface area is 153 Å². The summed E-state index contributed by atoms with van der Waals surface area (Å²) in [7, 11) is 0. The Morgan fingerprint density at radius 3 is 2.54 bits per heavy atom. The number of aryl methyl sites for hydroxylation is 1. The van der Waals surface area contributed by atoms with E-state index >= 15 is 0 Å². The molecule has 0 spiro atoms. The van der Waals surface area contributed by atoms with Crippen LogP contribution in [0.2, 0.25) is 0 Å². The maximum absolute atomic E-state index is 12.3. The third-order valence-electron chi connectivity index (χ3n) is 3.86. The first kappa shape index (κ1) is 17.5. The summed E-state index contributed by atoms with van der Waals surface area (Å²) in [6.07, 6.45) is 1.68. The van der Waals surface area contributed by atoms with Crippen LogP contribution in [0.3, 0.4) is 0 Å². The molecule has 1 amide bonds. The van der Waals surface area contributed by atoms with E-state index in [1.54, 1.807) is 18.3 Å². The van der Waals surface area contributed by atoms with E-state index in [0.29, 0.717) is 18.0 Å². The fraction of sp³-hybridized carbons (Fsp3) is 0.143. The van der Waals surface area contributed by atoms with E-state index in [2.05, 4.69) is 15.6 Å². The van der Waals surface area contributed by atoms with E-state index in [4.69, 9.17) is 4.74 Å². The number of anilines is 3. The Bertz CT molecular complexity index is 892. The van der Waals surface area contributed by atoms with E-state index in [0.717, 1.165) is 22.7 Å². The number of para-hydroxylation sites is 2. The van der Waals surface area contributed by atoms with Crippen molar-refractivity contribution in [1.82, 2.24) is 4.98 Å². The predicted molar refractivity (Wildman–Crippen MR) is 104 cm³/mol. The van der Waals surface area contributed by atoms with E-state index in [-0.39, 0.29) is 5.91 Å². The largest absolute Gasteiger partial charge is 0.492 e. The summed E-state index contributed by atoms with van der Waals surface area (Å²) in [5, 5.41) is 6.10. The Kier molecular flexibility index (Phi) is 5.49. The Hall–Kier alpha value is -3.34. The highest BCUT2D eigenvalue weighted by Gasteiger charge is 2.09. The number of ether oxygens (including phenoxy) is 1. The minimum atomic E-state index is -0.169. The van der Waals surface area contributed by atoms with Crippen LogP contribution in [-0.4, -0.2) is 17.5 Å². The van der Waals surface area contributed by atoms with Crippen molar-refractivity contribution in [3.05, 3.63) is 78.0 Å². The lowest BCUT2D eigenvalue weighted by molar-refractivity contribution is 0.102. The lowest BCUT2D eigenvalue weighted by Gasteiger charge is -2.12. The summed E-state index contributed by atoms with van der Waals surface area (Å²) >= 11 is 0. The number of carbonyl (C=O) groups is 1. The summed E-state index contributed by atoms with van der Waals surface area (Å²) in [5.41, 5.74) is 3.25. The van der Waals surface area contributed by atoms with Gasteiger partial charge in [0.2, 0.25) is 0 Å². The zero-order valence-electron chi connectivity index (χ0n) is 14.8. The molecule has 0 bridgehead atoms. The van der Waals surface area contributed by atoms with Crippen LogP contribution in [0.1, 0.15) is 22.8 Å².